The minimum absolute atomic E-state index is 0.176. The van der Waals surface area contributed by atoms with Gasteiger partial charge in [0.25, 0.3) is 0 Å². The summed E-state index contributed by atoms with van der Waals surface area (Å²) >= 11 is 0. The van der Waals surface area contributed by atoms with Crippen LogP contribution < -0.4 is 10.4 Å². The zero-order valence-electron chi connectivity index (χ0n) is 9.73. The summed E-state index contributed by atoms with van der Waals surface area (Å²) < 4.78 is 43.3. The van der Waals surface area contributed by atoms with Gasteiger partial charge in [-0.25, -0.2) is 14.5 Å². The van der Waals surface area contributed by atoms with Crippen molar-refractivity contribution < 1.29 is 17.9 Å². The Morgan fingerprint density at radius 2 is 2.16 bits per heavy atom. The SMILES string of the molecule is Cn1nc(COc2cccc(C(F)(F)F)n2)[nH]c1=O. The fraction of sp³-hybridized carbons (Fsp3) is 0.300. The van der Waals surface area contributed by atoms with Crippen molar-refractivity contribution in [2.75, 3.05) is 0 Å². The Morgan fingerprint density at radius 1 is 1.42 bits per heavy atom. The number of H-pyrrole nitrogens is 1. The summed E-state index contributed by atoms with van der Waals surface area (Å²) in [6.07, 6.45) is -4.53. The zero-order valence-corrected chi connectivity index (χ0v) is 9.73. The third kappa shape index (κ3) is 3.12. The molecule has 0 saturated heterocycles. The van der Waals surface area contributed by atoms with E-state index in [9.17, 15) is 18.0 Å². The molecule has 9 heteroatoms. The lowest BCUT2D eigenvalue weighted by Gasteiger charge is -2.07. The van der Waals surface area contributed by atoms with E-state index in [0.29, 0.717) is 0 Å². The van der Waals surface area contributed by atoms with Crippen LogP contribution >= 0.6 is 0 Å². The Hall–Kier alpha value is -2.32. The maximum Gasteiger partial charge on any atom is 0.433 e. The molecular formula is C10H9F3N4O2. The molecule has 0 atom stereocenters. The number of ether oxygens (including phenoxy) is 1. The summed E-state index contributed by atoms with van der Waals surface area (Å²) in [4.78, 5) is 16.8. The molecule has 2 aromatic heterocycles. The number of pyridine rings is 1. The van der Waals surface area contributed by atoms with E-state index in [-0.39, 0.29) is 18.3 Å². The maximum atomic E-state index is 12.4. The Balaban J connectivity index is 2.10. The highest BCUT2D eigenvalue weighted by atomic mass is 19.4. The summed E-state index contributed by atoms with van der Waals surface area (Å²) in [6.45, 7) is -0.176. The van der Waals surface area contributed by atoms with Crippen LogP contribution in [0.5, 0.6) is 5.88 Å². The second kappa shape index (κ2) is 4.75. The van der Waals surface area contributed by atoms with Crippen molar-refractivity contribution in [3.63, 3.8) is 0 Å². The molecule has 2 aromatic rings. The van der Waals surface area contributed by atoms with Crippen molar-refractivity contribution in [2.45, 2.75) is 12.8 Å². The minimum Gasteiger partial charge on any atom is -0.469 e. The summed E-state index contributed by atoms with van der Waals surface area (Å²) in [7, 11) is 1.44. The van der Waals surface area contributed by atoms with Crippen molar-refractivity contribution in [3.8, 4) is 5.88 Å². The number of halogens is 3. The van der Waals surface area contributed by atoms with E-state index < -0.39 is 17.6 Å². The molecule has 0 aliphatic carbocycles. The molecule has 1 N–H and O–H groups in total. The molecule has 2 heterocycles. The quantitative estimate of drug-likeness (QED) is 0.909. The number of rotatable bonds is 3. The molecule has 0 fully saturated rings. The molecule has 0 bridgehead atoms. The fourth-order valence-electron chi connectivity index (χ4n) is 1.32. The summed E-state index contributed by atoms with van der Waals surface area (Å²) in [5.74, 6) is 0.00744. The monoisotopic (exact) mass is 274 g/mol. The van der Waals surface area contributed by atoms with Crippen LogP contribution in [-0.4, -0.2) is 19.7 Å². The molecule has 0 spiro atoms. The number of nitrogens with one attached hydrogen (secondary N) is 1. The van der Waals surface area contributed by atoms with Gasteiger partial charge in [-0.05, 0) is 6.07 Å². The van der Waals surface area contributed by atoms with Gasteiger partial charge in [0.15, 0.2) is 5.82 Å². The number of aromatic amines is 1. The fourth-order valence-corrected chi connectivity index (χ4v) is 1.32. The molecule has 19 heavy (non-hydrogen) atoms. The number of aromatic nitrogens is 4. The van der Waals surface area contributed by atoms with Crippen LogP contribution in [0.15, 0.2) is 23.0 Å². The van der Waals surface area contributed by atoms with Gasteiger partial charge in [0.05, 0.1) is 0 Å². The smallest absolute Gasteiger partial charge is 0.433 e. The number of hydrogen-bond donors (Lipinski definition) is 1. The van der Waals surface area contributed by atoms with E-state index >= 15 is 0 Å². The third-order valence-electron chi connectivity index (χ3n) is 2.19. The molecule has 0 unspecified atom stereocenters. The summed E-state index contributed by atoms with van der Waals surface area (Å²) in [6, 6.07) is 3.32. The number of hydrogen-bond acceptors (Lipinski definition) is 4. The number of alkyl halides is 3. The highest BCUT2D eigenvalue weighted by Crippen LogP contribution is 2.28. The molecule has 0 aromatic carbocycles. The van der Waals surface area contributed by atoms with Gasteiger partial charge < -0.3 is 4.74 Å². The van der Waals surface area contributed by atoms with Gasteiger partial charge in [0, 0.05) is 13.1 Å². The molecule has 0 amide bonds. The van der Waals surface area contributed by atoms with E-state index in [1.165, 1.54) is 19.2 Å². The van der Waals surface area contributed by atoms with Gasteiger partial charge in [-0.2, -0.15) is 18.3 Å². The average molecular weight is 274 g/mol. The molecule has 0 saturated carbocycles. The first-order valence-electron chi connectivity index (χ1n) is 5.15. The average Bonchev–Trinajstić information content (AvgIpc) is 2.66. The van der Waals surface area contributed by atoms with Gasteiger partial charge in [0.1, 0.15) is 12.3 Å². The van der Waals surface area contributed by atoms with Gasteiger partial charge in [-0.1, -0.05) is 6.07 Å². The third-order valence-corrected chi connectivity index (χ3v) is 2.19. The van der Waals surface area contributed by atoms with Crippen LogP contribution in [0.25, 0.3) is 0 Å². The standard InChI is InChI=1S/C10H9F3N4O2/c1-17-9(18)15-7(16-17)5-19-8-4-2-3-6(14-8)10(11,12)13/h2-4H,5H2,1H3,(H,15,16,18). The van der Waals surface area contributed by atoms with Crippen LogP contribution in [0.1, 0.15) is 11.5 Å². The second-order valence-electron chi connectivity index (χ2n) is 3.65. The molecule has 102 valence electrons. The lowest BCUT2D eigenvalue weighted by molar-refractivity contribution is -0.141. The van der Waals surface area contributed by atoms with Gasteiger partial charge in [0.2, 0.25) is 5.88 Å². The zero-order chi connectivity index (χ0) is 14.0. The topological polar surface area (TPSA) is 72.8 Å². The Morgan fingerprint density at radius 3 is 2.74 bits per heavy atom. The predicted molar refractivity (Wildman–Crippen MR) is 57.4 cm³/mol. The summed E-state index contributed by atoms with van der Waals surface area (Å²) in [5.41, 5.74) is -1.48. The first-order chi connectivity index (χ1) is 8.86. The van der Waals surface area contributed by atoms with E-state index in [0.717, 1.165) is 10.7 Å². The van der Waals surface area contributed by atoms with Crippen molar-refractivity contribution >= 4 is 0 Å². The summed E-state index contributed by atoms with van der Waals surface area (Å²) in [5, 5.41) is 3.77. The minimum atomic E-state index is -4.53. The van der Waals surface area contributed by atoms with Crippen molar-refractivity contribution in [1.29, 1.82) is 0 Å². The molecule has 0 aliphatic rings. The lowest BCUT2D eigenvalue weighted by Crippen LogP contribution is -2.13. The van der Waals surface area contributed by atoms with Crippen LogP contribution in [0.3, 0.4) is 0 Å². The number of aryl methyl sites for hydroxylation is 1. The van der Waals surface area contributed by atoms with E-state index in [1.807, 2.05) is 0 Å². The molecular weight excluding hydrogens is 265 g/mol. The molecule has 0 aliphatic heterocycles. The normalized spacial score (nSPS) is 11.6. The van der Waals surface area contributed by atoms with Crippen LogP contribution in [0.4, 0.5) is 13.2 Å². The van der Waals surface area contributed by atoms with Crippen LogP contribution in [0.2, 0.25) is 0 Å². The Labute approximate surface area is 104 Å². The van der Waals surface area contributed by atoms with E-state index in [4.69, 9.17) is 4.74 Å². The van der Waals surface area contributed by atoms with Crippen molar-refractivity contribution in [3.05, 3.63) is 40.2 Å². The van der Waals surface area contributed by atoms with Gasteiger partial charge in [-0.3, -0.25) is 4.98 Å². The highest BCUT2D eigenvalue weighted by molar-refractivity contribution is 5.17. The van der Waals surface area contributed by atoms with Gasteiger partial charge in [-0.15, -0.1) is 0 Å². The second-order valence-corrected chi connectivity index (χ2v) is 3.65. The van der Waals surface area contributed by atoms with Gasteiger partial charge >= 0.3 is 11.9 Å². The van der Waals surface area contributed by atoms with E-state index in [1.54, 1.807) is 0 Å². The number of nitrogens with zero attached hydrogens (tertiary/aromatic N) is 3. The first-order valence-corrected chi connectivity index (χ1v) is 5.15. The van der Waals surface area contributed by atoms with Crippen LogP contribution in [-0.2, 0) is 19.8 Å². The maximum absolute atomic E-state index is 12.4. The predicted octanol–water partition coefficient (Wildman–Crippen LogP) is 1.10. The Kier molecular flexibility index (Phi) is 3.28. The lowest BCUT2D eigenvalue weighted by atomic mass is 10.3. The highest BCUT2D eigenvalue weighted by Gasteiger charge is 2.32. The van der Waals surface area contributed by atoms with Crippen molar-refractivity contribution in [2.24, 2.45) is 7.05 Å². The molecule has 0 radical (unpaired) electrons. The first kappa shape index (κ1) is 13.1. The largest absolute Gasteiger partial charge is 0.469 e. The Bertz CT molecular complexity index is 632. The molecule has 2 rings (SSSR count). The van der Waals surface area contributed by atoms with Crippen LogP contribution in [0, 0.1) is 0 Å². The van der Waals surface area contributed by atoms with Crippen molar-refractivity contribution in [1.82, 2.24) is 19.7 Å². The van der Waals surface area contributed by atoms with E-state index in [2.05, 4.69) is 15.1 Å². The molecule has 6 nitrogen and oxygen atoms in total.